The second kappa shape index (κ2) is 6.26. The minimum Gasteiger partial charge on any atom is -0.360 e. The van der Waals surface area contributed by atoms with Crippen LogP contribution in [0.3, 0.4) is 0 Å². The first kappa shape index (κ1) is 16.3. The maximum absolute atomic E-state index is 12.6. The summed E-state index contributed by atoms with van der Waals surface area (Å²) >= 11 is 0. The number of rotatable bonds is 2. The maximum Gasteiger partial charge on any atom is 0.279 e. The number of nitrogens with zero attached hydrogens (tertiary/aromatic N) is 1. The van der Waals surface area contributed by atoms with Gasteiger partial charge in [0, 0.05) is 34.8 Å². The molecule has 0 saturated carbocycles. The molecule has 0 radical (unpaired) electrons. The van der Waals surface area contributed by atoms with Crippen LogP contribution in [0.1, 0.15) is 24.2 Å². The summed E-state index contributed by atoms with van der Waals surface area (Å²) in [6.45, 7) is 4.14. The highest BCUT2D eigenvalue weighted by Gasteiger charge is 2.28. The Bertz CT molecular complexity index is 1030. The van der Waals surface area contributed by atoms with Crippen LogP contribution in [-0.4, -0.2) is 22.5 Å². The standard InChI is InChI=1S/C21H19N3O2/c1-12(2)16-10-20(25)24-19-9-13(7-8-15(16)19)23-21(26)17-11-22-18-6-4-3-5-14(17)18/h3-12,15,22H,1-2H3,(H,24,25). The Morgan fingerprint density at radius 3 is 2.81 bits per heavy atom. The number of H-pyrrole nitrogens is 1. The van der Waals surface area contributed by atoms with Crippen LogP contribution in [0.4, 0.5) is 0 Å². The highest BCUT2D eigenvalue weighted by Crippen LogP contribution is 2.31. The largest absolute Gasteiger partial charge is 0.360 e. The van der Waals surface area contributed by atoms with Gasteiger partial charge in [-0.1, -0.05) is 38.1 Å². The Hall–Kier alpha value is -3.21. The molecule has 2 heterocycles. The summed E-state index contributed by atoms with van der Waals surface area (Å²) in [7, 11) is 0. The molecule has 0 fully saturated rings. The molecule has 1 aliphatic carbocycles. The van der Waals surface area contributed by atoms with Crippen molar-refractivity contribution in [1.82, 2.24) is 10.3 Å². The van der Waals surface area contributed by atoms with Crippen LogP contribution in [0, 0.1) is 11.8 Å². The van der Waals surface area contributed by atoms with Crippen LogP contribution in [0.15, 0.2) is 71.0 Å². The Morgan fingerprint density at radius 2 is 2.00 bits per heavy atom. The van der Waals surface area contributed by atoms with Gasteiger partial charge in [-0.25, -0.2) is 4.99 Å². The van der Waals surface area contributed by atoms with Gasteiger partial charge in [0.2, 0.25) is 5.91 Å². The monoisotopic (exact) mass is 345 g/mol. The van der Waals surface area contributed by atoms with Gasteiger partial charge < -0.3 is 10.3 Å². The third-order valence-electron chi connectivity index (χ3n) is 4.74. The molecule has 1 unspecified atom stereocenters. The molecule has 26 heavy (non-hydrogen) atoms. The smallest absolute Gasteiger partial charge is 0.279 e. The number of fused-ring (bicyclic) bond motifs is 2. The molecule has 1 aliphatic heterocycles. The lowest BCUT2D eigenvalue weighted by Crippen LogP contribution is -2.34. The SMILES string of the molecule is CC(C)C1=CC(=O)NC2=CC(=NC(=O)c3c[nH]c4ccccc34)C=CC21. The van der Waals surface area contributed by atoms with Gasteiger partial charge in [0.1, 0.15) is 0 Å². The normalized spacial score (nSPS) is 20.8. The Morgan fingerprint density at radius 1 is 1.19 bits per heavy atom. The van der Waals surface area contributed by atoms with Crippen molar-refractivity contribution in [1.29, 1.82) is 0 Å². The van der Waals surface area contributed by atoms with Crippen molar-refractivity contribution in [2.45, 2.75) is 13.8 Å². The van der Waals surface area contributed by atoms with E-state index in [1.807, 2.05) is 36.4 Å². The maximum atomic E-state index is 12.6. The van der Waals surface area contributed by atoms with Crippen LogP contribution in [0.25, 0.3) is 10.9 Å². The lowest BCUT2D eigenvalue weighted by molar-refractivity contribution is -0.116. The average Bonchev–Trinajstić information content (AvgIpc) is 3.04. The van der Waals surface area contributed by atoms with E-state index in [2.05, 4.69) is 29.1 Å². The predicted octanol–water partition coefficient (Wildman–Crippen LogP) is 3.53. The van der Waals surface area contributed by atoms with Gasteiger partial charge in [-0.3, -0.25) is 9.59 Å². The van der Waals surface area contributed by atoms with Gasteiger partial charge in [0.15, 0.2) is 0 Å². The number of nitrogens with one attached hydrogen (secondary N) is 2. The molecule has 0 bridgehead atoms. The fourth-order valence-electron chi connectivity index (χ4n) is 3.44. The number of hydrogen-bond donors (Lipinski definition) is 2. The van der Waals surface area contributed by atoms with Gasteiger partial charge in [0.25, 0.3) is 5.91 Å². The zero-order valence-corrected chi connectivity index (χ0v) is 14.6. The van der Waals surface area contributed by atoms with Crippen LogP contribution in [0.2, 0.25) is 0 Å². The van der Waals surface area contributed by atoms with Gasteiger partial charge in [-0.15, -0.1) is 0 Å². The molecule has 2 aliphatic rings. The summed E-state index contributed by atoms with van der Waals surface area (Å²) in [5.41, 5.74) is 3.82. The first-order chi connectivity index (χ1) is 12.5. The van der Waals surface area contributed by atoms with Crippen LogP contribution in [-0.2, 0) is 4.79 Å². The summed E-state index contributed by atoms with van der Waals surface area (Å²) in [6, 6.07) is 7.62. The molecule has 5 heteroatoms. The molecule has 4 rings (SSSR count). The van der Waals surface area contributed by atoms with E-state index < -0.39 is 0 Å². The molecule has 2 aromatic rings. The minimum atomic E-state index is -0.306. The first-order valence-corrected chi connectivity index (χ1v) is 8.64. The minimum absolute atomic E-state index is 0.0369. The number of para-hydroxylation sites is 1. The number of carbonyl (C=O) groups excluding carboxylic acids is 2. The molecule has 0 saturated heterocycles. The first-order valence-electron chi connectivity index (χ1n) is 8.64. The van der Waals surface area contributed by atoms with Crippen LogP contribution >= 0.6 is 0 Å². The van der Waals surface area contributed by atoms with Gasteiger partial charge in [-0.05, 0) is 29.7 Å². The van der Waals surface area contributed by atoms with E-state index in [1.165, 1.54) is 0 Å². The van der Waals surface area contributed by atoms with Crippen molar-refractivity contribution in [3.63, 3.8) is 0 Å². The summed E-state index contributed by atoms with van der Waals surface area (Å²) < 4.78 is 0. The van der Waals surface area contributed by atoms with Crippen molar-refractivity contribution in [3.8, 4) is 0 Å². The fraction of sp³-hybridized carbons (Fsp3) is 0.190. The number of hydrogen-bond acceptors (Lipinski definition) is 2. The molecular weight excluding hydrogens is 326 g/mol. The number of aliphatic imine (C=N–C) groups is 1. The molecule has 2 amide bonds. The zero-order chi connectivity index (χ0) is 18.3. The van der Waals surface area contributed by atoms with Crippen molar-refractivity contribution in [2.75, 3.05) is 0 Å². The topological polar surface area (TPSA) is 74.3 Å². The van der Waals surface area contributed by atoms with Crippen molar-refractivity contribution in [3.05, 3.63) is 71.6 Å². The Kier molecular flexibility index (Phi) is 3.92. The number of aromatic nitrogens is 1. The van der Waals surface area contributed by atoms with E-state index in [0.717, 1.165) is 22.2 Å². The average molecular weight is 345 g/mol. The summed E-state index contributed by atoms with van der Waals surface area (Å²) in [4.78, 5) is 31.9. The van der Waals surface area contributed by atoms with Gasteiger partial charge >= 0.3 is 0 Å². The zero-order valence-electron chi connectivity index (χ0n) is 14.6. The van der Waals surface area contributed by atoms with Crippen LogP contribution in [0.5, 0.6) is 0 Å². The van der Waals surface area contributed by atoms with Crippen molar-refractivity contribution in [2.24, 2.45) is 16.8 Å². The van der Waals surface area contributed by atoms with Crippen molar-refractivity contribution >= 4 is 28.4 Å². The van der Waals surface area contributed by atoms with E-state index in [-0.39, 0.29) is 23.7 Å². The highest BCUT2D eigenvalue weighted by molar-refractivity contribution is 6.17. The fourth-order valence-corrected chi connectivity index (χ4v) is 3.44. The molecule has 130 valence electrons. The molecule has 1 atom stereocenters. The summed E-state index contributed by atoms with van der Waals surface area (Å²) in [6.07, 6.45) is 8.96. The molecule has 5 nitrogen and oxygen atoms in total. The van der Waals surface area contributed by atoms with Gasteiger partial charge in [0.05, 0.1) is 11.3 Å². The lowest BCUT2D eigenvalue weighted by atomic mass is 9.82. The van der Waals surface area contributed by atoms with E-state index >= 15 is 0 Å². The second-order valence-corrected chi connectivity index (χ2v) is 6.81. The summed E-state index contributed by atoms with van der Waals surface area (Å²) in [5, 5.41) is 3.72. The van der Waals surface area contributed by atoms with Crippen molar-refractivity contribution < 1.29 is 9.59 Å². The number of amides is 2. The van der Waals surface area contributed by atoms with E-state index in [0.29, 0.717) is 11.3 Å². The molecule has 2 N–H and O–H groups in total. The quantitative estimate of drug-likeness (QED) is 0.874. The molecule has 0 spiro atoms. The third-order valence-corrected chi connectivity index (χ3v) is 4.74. The second-order valence-electron chi connectivity index (χ2n) is 6.81. The molecule has 1 aromatic carbocycles. The third kappa shape index (κ3) is 2.81. The number of benzene rings is 1. The number of aromatic amines is 1. The highest BCUT2D eigenvalue weighted by atomic mass is 16.2. The lowest BCUT2D eigenvalue weighted by Gasteiger charge is -2.29. The molecule has 1 aromatic heterocycles. The van der Waals surface area contributed by atoms with Crippen LogP contribution < -0.4 is 5.32 Å². The summed E-state index contributed by atoms with van der Waals surface area (Å²) in [5.74, 6) is -0.131. The predicted molar refractivity (Wildman–Crippen MR) is 102 cm³/mol. The Labute approximate surface area is 151 Å². The van der Waals surface area contributed by atoms with Gasteiger partial charge in [-0.2, -0.15) is 0 Å². The number of allylic oxidation sites excluding steroid dienone is 3. The van der Waals surface area contributed by atoms with E-state index in [1.54, 1.807) is 18.3 Å². The Balaban J connectivity index is 1.66. The van der Waals surface area contributed by atoms with E-state index in [4.69, 9.17) is 0 Å². The molecular formula is C21H19N3O2. The number of carbonyl (C=O) groups is 2. The van der Waals surface area contributed by atoms with E-state index in [9.17, 15) is 9.59 Å².